The van der Waals surface area contributed by atoms with Crippen molar-refractivity contribution in [1.82, 2.24) is 29.9 Å². The highest BCUT2D eigenvalue weighted by atomic mass is 16.2. The fraction of sp³-hybridized carbons (Fsp3) is 0.107. The van der Waals surface area contributed by atoms with Crippen LogP contribution in [-0.2, 0) is 24.4 Å². The summed E-state index contributed by atoms with van der Waals surface area (Å²) < 4.78 is 1.73. The van der Waals surface area contributed by atoms with Crippen molar-refractivity contribution in [3.8, 4) is 0 Å². The molecule has 0 unspecified atom stereocenters. The third-order valence-corrected chi connectivity index (χ3v) is 5.67. The van der Waals surface area contributed by atoms with Crippen molar-refractivity contribution in [3.63, 3.8) is 0 Å². The number of hydrogen-bond donors (Lipinski definition) is 1. The first kappa shape index (κ1) is 22.9. The minimum atomic E-state index is -0.229. The quantitative estimate of drug-likeness (QED) is 0.344. The molecule has 8 heteroatoms. The van der Waals surface area contributed by atoms with E-state index in [1.807, 2.05) is 66.7 Å². The van der Waals surface area contributed by atoms with Crippen LogP contribution < -0.4 is 5.56 Å². The Kier molecular flexibility index (Phi) is 6.75. The van der Waals surface area contributed by atoms with Crippen molar-refractivity contribution in [2.75, 3.05) is 0 Å². The fourth-order valence-corrected chi connectivity index (χ4v) is 3.91. The van der Waals surface area contributed by atoms with Crippen LogP contribution in [-0.4, -0.2) is 35.8 Å². The predicted molar refractivity (Wildman–Crippen MR) is 138 cm³/mol. The molecule has 8 nitrogen and oxygen atoms in total. The Bertz CT molecular complexity index is 1560. The van der Waals surface area contributed by atoms with Crippen LogP contribution in [0.3, 0.4) is 0 Å². The summed E-state index contributed by atoms with van der Waals surface area (Å²) in [6.07, 6.45) is 4.91. The first-order valence-electron chi connectivity index (χ1n) is 11.6. The van der Waals surface area contributed by atoms with E-state index in [0.717, 1.165) is 11.1 Å². The summed E-state index contributed by atoms with van der Waals surface area (Å²) in [6, 6.07) is 26.8. The van der Waals surface area contributed by atoms with E-state index in [9.17, 15) is 9.59 Å². The van der Waals surface area contributed by atoms with Gasteiger partial charge in [0.05, 0.1) is 30.2 Å². The molecule has 5 aromatic rings. The normalized spacial score (nSPS) is 11.2. The molecule has 1 N–H and O–H groups in total. The Balaban J connectivity index is 1.35. The van der Waals surface area contributed by atoms with E-state index >= 15 is 0 Å². The highest BCUT2D eigenvalue weighted by molar-refractivity contribution is 5.91. The predicted octanol–water partition coefficient (Wildman–Crippen LogP) is 3.81. The molecule has 0 bridgehead atoms. The first-order valence-corrected chi connectivity index (χ1v) is 11.6. The largest absolute Gasteiger partial charge is 0.327 e. The lowest BCUT2D eigenvalue weighted by Crippen LogP contribution is -2.30. The average molecular weight is 477 g/mol. The molecular weight excluding hydrogens is 452 g/mol. The molecule has 0 aliphatic carbocycles. The van der Waals surface area contributed by atoms with Gasteiger partial charge in [0.2, 0.25) is 5.91 Å². The Morgan fingerprint density at radius 1 is 0.889 bits per heavy atom. The third-order valence-electron chi connectivity index (χ3n) is 5.67. The zero-order valence-electron chi connectivity index (χ0n) is 19.5. The molecule has 0 saturated heterocycles. The number of H-pyrrole nitrogens is 1. The van der Waals surface area contributed by atoms with Crippen molar-refractivity contribution < 1.29 is 4.79 Å². The van der Waals surface area contributed by atoms with Gasteiger partial charge < -0.3 is 9.88 Å². The molecule has 178 valence electrons. The number of hydrogen-bond acceptors (Lipinski definition) is 5. The topological polar surface area (TPSA) is 96.8 Å². The summed E-state index contributed by atoms with van der Waals surface area (Å²) in [5.41, 5.74) is 3.02. The van der Waals surface area contributed by atoms with Crippen LogP contribution in [0.1, 0.15) is 22.6 Å². The number of aromatic nitrogens is 5. The molecular formula is C28H24N6O2. The maximum absolute atomic E-state index is 13.2. The van der Waals surface area contributed by atoms with E-state index in [1.54, 1.807) is 40.1 Å². The van der Waals surface area contributed by atoms with Gasteiger partial charge in [0.15, 0.2) is 0 Å². The van der Waals surface area contributed by atoms with E-state index in [-0.39, 0.29) is 18.0 Å². The summed E-state index contributed by atoms with van der Waals surface area (Å²) in [7, 11) is 0. The summed E-state index contributed by atoms with van der Waals surface area (Å²) >= 11 is 0. The minimum Gasteiger partial charge on any atom is -0.327 e. The monoisotopic (exact) mass is 476 g/mol. The molecule has 36 heavy (non-hydrogen) atoms. The van der Waals surface area contributed by atoms with Gasteiger partial charge >= 0.3 is 0 Å². The van der Waals surface area contributed by atoms with Crippen LogP contribution in [0.25, 0.3) is 17.0 Å². The SMILES string of the molecule is O=C(C=Cc1cn(Cc2ccccc2)nn1)N(Cc1ccccc1)Cc1nc2ccccc2c(=O)[nH]1. The number of fused-ring (bicyclic) bond motifs is 1. The van der Waals surface area contributed by atoms with Crippen molar-refractivity contribution >= 4 is 22.9 Å². The molecule has 2 aromatic heterocycles. The van der Waals surface area contributed by atoms with Gasteiger partial charge in [0.1, 0.15) is 11.5 Å². The molecule has 5 rings (SSSR count). The Morgan fingerprint density at radius 2 is 1.58 bits per heavy atom. The number of nitrogens with zero attached hydrogens (tertiary/aromatic N) is 5. The Labute approximate surface area is 207 Å². The van der Waals surface area contributed by atoms with Crippen molar-refractivity contribution in [2.45, 2.75) is 19.6 Å². The van der Waals surface area contributed by atoms with Gasteiger partial charge in [-0.2, -0.15) is 0 Å². The Hall–Kier alpha value is -4.85. The number of benzene rings is 3. The van der Waals surface area contributed by atoms with E-state index in [4.69, 9.17) is 0 Å². The number of amides is 1. The van der Waals surface area contributed by atoms with Gasteiger partial charge in [-0.05, 0) is 29.3 Å². The lowest BCUT2D eigenvalue weighted by molar-refractivity contribution is -0.127. The van der Waals surface area contributed by atoms with E-state index < -0.39 is 0 Å². The standard InChI is InChI=1S/C28H24N6O2/c35-27(16-15-23-19-34(32-31-23)18-22-11-5-2-6-12-22)33(17-21-9-3-1-4-10-21)20-26-29-25-14-8-7-13-24(25)28(36)30-26/h1-16,19H,17-18,20H2,(H,29,30,36). The van der Waals surface area contributed by atoms with Gasteiger partial charge in [-0.1, -0.05) is 78.0 Å². The van der Waals surface area contributed by atoms with Crippen molar-refractivity contribution in [1.29, 1.82) is 0 Å². The van der Waals surface area contributed by atoms with E-state index in [0.29, 0.717) is 35.5 Å². The zero-order chi connectivity index (χ0) is 24.7. The number of nitrogens with one attached hydrogen (secondary N) is 1. The van der Waals surface area contributed by atoms with Crippen LogP contribution in [0.15, 0.2) is 102 Å². The second-order valence-electron chi connectivity index (χ2n) is 8.37. The zero-order valence-corrected chi connectivity index (χ0v) is 19.5. The maximum atomic E-state index is 13.2. The summed E-state index contributed by atoms with van der Waals surface area (Å²) in [4.78, 5) is 34.8. The number of carbonyl (C=O) groups excluding carboxylic acids is 1. The van der Waals surface area contributed by atoms with E-state index in [1.165, 1.54) is 6.08 Å². The first-order chi connectivity index (χ1) is 17.6. The minimum absolute atomic E-state index is 0.152. The molecule has 0 fully saturated rings. The highest BCUT2D eigenvalue weighted by Gasteiger charge is 2.15. The summed E-state index contributed by atoms with van der Waals surface area (Å²) in [6.45, 7) is 1.11. The van der Waals surface area contributed by atoms with E-state index in [2.05, 4.69) is 20.3 Å². The van der Waals surface area contributed by atoms with Gasteiger partial charge in [0.25, 0.3) is 5.56 Å². The average Bonchev–Trinajstić information content (AvgIpc) is 3.35. The van der Waals surface area contributed by atoms with Crippen molar-refractivity contribution in [2.24, 2.45) is 0 Å². The number of aromatic amines is 1. The summed E-state index contributed by atoms with van der Waals surface area (Å²) in [5, 5.41) is 8.82. The van der Waals surface area contributed by atoms with Gasteiger partial charge in [0, 0.05) is 12.6 Å². The van der Waals surface area contributed by atoms with Gasteiger partial charge in [-0.15, -0.1) is 5.10 Å². The number of para-hydroxylation sites is 1. The second-order valence-corrected chi connectivity index (χ2v) is 8.37. The summed E-state index contributed by atoms with van der Waals surface area (Å²) in [5.74, 6) is 0.192. The third kappa shape index (κ3) is 5.61. The molecule has 0 saturated carbocycles. The molecule has 0 aliphatic rings. The van der Waals surface area contributed by atoms with Crippen LogP contribution >= 0.6 is 0 Å². The lowest BCUT2D eigenvalue weighted by atomic mass is 10.2. The van der Waals surface area contributed by atoms with Gasteiger partial charge in [-0.25, -0.2) is 9.67 Å². The molecule has 0 radical (unpaired) electrons. The molecule has 1 amide bonds. The molecule has 3 aromatic carbocycles. The highest BCUT2D eigenvalue weighted by Crippen LogP contribution is 2.12. The molecule has 2 heterocycles. The Morgan fingerprint density at radius 3 is 2.36 bits per heavy atom. The molecule has 0 atom stereocenters. The van der Waals surface area contributed by atoms with Crippen LogP contribution in [0.4, 0.5) is 0 Å². The maximum Gasteiger partial charge on any atom is 0.258 e. The van der Waals surface area contributed by atoms with Crippen LogP contribution in [0.2, 0.25) is 0 Å². The van der Waals surface area contributed by atoms with Crippen molar-refractivity contribution in [3.05, 3.63) is 130 Å². The second kappa shape index (κ2) is 10.6. The fourth-order valence-electron chi connectivity index (χ4n) is 3.91. The van der Waals surface area contributed by atoms with Gasteiger partial charge in [-0.3, -0.25) is 9.59 Å². The number of rotatable bonds is 8. The molecule has 0 spiro atoms. The number of carbonyl (C=O) groups is 1. The van der Waals surface area contributed by atoms with Crippen LogP contribution in [0, 0.1) is 0 Å². The lowest BCUT2D eigenvalue weighted by Gasteiger charge is -2.21. The molecule has 0 aliphatic heterocycles. The van der Waals surface area contributed by atoms with Crippen LogP contribution in [0.5, 0.6) is 0 Å². The smallest absolute Gasteiger partial charge is 0.258 e.